The maximum absolute atomic E-state index is 6.12. The van der Waals surface area contributed by atoms with E-state index in [1.165, 1.54) is 21.8 Å². The molecule has 1 N–H and O–H groups in total. The SMILES string of the molecule is Cc1nc2ccc(NSSc3ccc(Cl)cc3Cl)cc2o1. The van der Waals surface area contributed by atoms with Crippen LogP contribution in [0, 0.1) is 6.92 Å². The molecular weight excluding hydrogens is 347 g/mol. The largest absolute Gasteiger partial charge is 0.441 e. The molecule has 0 saturated heterocycles. The van der Waals surface area contributed by atoms with Crippen molar-refractivity contribution < 1.29 is 4.42 Å². The highest BCUT2D eigenvalue weighted by molar-refractivity contribution is 8.77. The second-order valence-corrected chi connectivity index (χ2v) is 7.08. The van der Waals surface area contributed by atoms with Gasteiger partial charge in [-0.15, -0.1) is 0 Å². The molecule has 0 saturated carbocycles. The molecule has 0 unspecified atom stereocenters. The average Bonchev–Trinajstić information content (AvgIpc) is 2.80. The van der Waals surface area contributed by atoms with Gasteiger partial charge >= 0.3 is 0 Å². The molecule has 3 aromatic rings. The van der Waals surface area contributed by atoms with E-state index in [9.17, 15) is 0 Å². The molecule has 0 fully saturated rings. The molecule has 3 nitrogen and oxygen atoms in total. The van der Waals surface area contributed by atoms with E-state index in [2.05, 4.69) is 9.71 Å². The molecule has 108 valence electrons. The number of nitrogens with one attached hydrogen (secondary N) is 1. The molecule has 0 amide bonds. The van der Waals surface area contributed by atoms with Crippen LogP contribution in [0.3, 0.4) is 0 Å². The minimum Gasteiger partial charge on any atom is -0.441 e. The molecule has 1 aromatic heterocycles. The molecule has 0 radical (unpaired) electrons. The Hall–Kier alpha value is -1.01. The van der Waals surface area contributed by atoms with Gasteiger partial charge in [0.15, 0.2) is 11.5 Å². The monoisotopic (exact) mass is 356 g/mol. The molecule has 0 aliphatic carbocycles. The van der Waals surface area contributed by atoms with E-state index < -0.39 is 0 Å². The van der Waals surface area contributed by atoms with Gasteiger partial charge in [-0.25, -0.2) is 4.98 Å². The average molecular weight is 357 g/mol. The Morgan fingerprint density at radius 2 is 2.00 bits per heavy atom. The highest BCUT2D eigenvalue weighted by atomic mass is 35.5. The fourth-order valence-corrected chi connectivity index (χ4v) is 4.16. The maximum Gasteiger partial charge on any atom is 0.192 e. The molecule has 7 heteroatoms. The van der Waals surface area contributed by atoms with Crippen LogP contribution >= 0.6 is 45.0 Å². The van der Waals surface area contributed by atoms with Crippen molar-refractivity contribution in [2.75, 3.05) is 4.72 Å². The van der Waals surface area contributed by atoms with E-state index in [0.29, 0.717) is 15.9 Å². The zero-order chi connectivity index (χ0) is 14.8. The van der Waals surface area contributed by atoms with Crippen LogP contribution in [0.15, 0.2) is 45.7 Å². The topological polar surface area (TPSA) is 38.1 Å². The summed E-state index contributed by atoms with van der Waals surface area (Å²) in [5.74, 6) is 0.664. The quantitative estimate of drug-likeness (QED) is 0.444. The van der Waals surface area contributed by atoms with Gasteiger partial charge in [-0.3, -0.25) is 0 Å². The standard InChI is InChI=1S/C14H10Cl2N2OS2/c1-8-17-12-4-3-10(7-13(12)19-8)18-21-20-14-5-2-9(15)6-11(14)16/h2-7,18H,1H3. The van der Waals surface area contributed by atoms with E-state index in [0.717, 1.165) is 21.7 Å². The predicted molar refractivity (Wildman–Crippen MR) is 92.3 cm³/mol. The second kappa shape index (κ2) is 6.40. The van der Waals surface area contributed by atoms with Crippen LogP contribution in [-0.4, -0.2) is 4.98 Å². The number of aryl methyl sites for hydroxylation is 1. The lowest BCUT2D eigenvalue weighted by molar-refractivity contribution is 0.561. The van der Waals surface area contributed by atoms with Gasteiger partial charge in [-0.1, -0.05) is 23.2 Å². The number of rotatable bonds is 4. The predicted octanol–water partition coefficient (Wildman–Crippen LogP) is 6.21. The molecular formula is C14H10Cl2N2OS2. The number of aromatic nitrogens is 1. The fraction of sp³-hybridized carbons (Fsp3) is 0.0714. The van der Waals surface area contributed by atoms with Crippen molar-refractivity contribution in [1.82, 2.24) is 4.98 Å². The molecule has 21 heavy (non-hydrogen) atoms. The van der Waals surface area contributed by atoms with E-state index in [1.807, 2.05) is 37.3 Å². The lowest BCUT2D eigenvalue weighted by Gasteiger charge is -2.06. The van der Waals surface area contributed by atoms with Crippen LogP contribution < -0.4 is 4.72 Å². The highest BCUT2D eigenvalue weighted by Crippen LogP contribution is 2.37. The first-order valence-corrected chi connectivity index (χ1v) is 8.94. The minimum atomic E-state index is 0.633. The van der Waals surface area contributed by atoms with Gasteiger partial charge in [0.1, 0.15) is 5.52 Å². The first-order valence-electron chi connectivity index (χ1n) is 6.03. The van der Waals surface area contributed by atoms with Crippen LogP contribution in [0.2, 0.25) is 10.0 Å². The summed E-state index contributed by atoms with van der Waals surface area (Å²) in [4.78, 5) is 5.22. The number of hydrogen-bond acceptors (Lipinski definition) is 5. The van der Waals surface area contributed by atoms with E-state index in [1.54, 1.807) is 6.07 Å². The Bertz CT molecular complexity index is 792. The lowest BCUT2D eigenvalue weighted by atomic mass is 10.3. The van der Waals surface area contributed by atoms with Crippen LogP contribution in [0.4, 0.5) is 5.69 Å². The van der Waals surface area contributed by atoms with Gasteiger partial charge in [-0.05, 0) is 41.1 Å². The summed E-state index contributed by atoms with van der Waals surface area (Å²) in [7, 11) is 3.00. The second-order valence-electron chi connectivity index (χ2n) is 4.26. The van der Waals surface area contributed by atoms with E-state index in [-0.39, 0.29) is 0 Å². The number of benzene rings is 2. The van der Waals surface area contributed by atoms with Crippen molar-refractivity contribution in [3.05, 3.63) is 52.3 Å². The smallest absolute Gasteiger partial charge is 0.192 e. The van der Waals surface area contributed by atoms with Crippen LogP contribution in [0.5, 0.6) is 0 Å². The molecule has 0 atom stereocenters. The van der Waals surface area contributed by atoms with Gasteiger partial charge in [-0.2, -0.15) is 0 Å². The normalized spacial score (nSPS) is 11.0. The first-order chi connectivity index (χ1) is 10.1. The summed E-state index contributed by atoms with van der Waals surface area (Å²) in [5, 5.41) is 1.27. The molecule has 0 aliphatic rings. The van der Waals surface area contributed by atoms with Crippen molar-refractivity contribution in [2.24, 2.45) is 0 Å². The summed E-state index contributed by atoms with van der Waals surface area (Å²) in [6.45, 7) is 1.83. The van der Waals surface area contributed by atoms with Crippen molar-refractivity contribution in [3.8, 4) is 0 Å². The Morgan fingerprint density at radius 3 is 2.81 bits per heavy atom. The molecule has 3 rings (SSSR count). The third-order valence-corrected chi connectivity index (χ3v) is 5.32. The summed E-state index contributed by atoms with van der Waals surface area (Å²) in [5.41, 5.74) is 2.57. The first kappa shape index (κ1) is 14.9. The molecule has 2 aromatic carbocycles. The Labute approximate surface area is 139 Å². The summed E-state index contributed by atoms with van der Waals surface area (Å²) >= 11 is 12.0. The van der Waals surface area contributed by atoms with Gasteiger partial charge in [0.05, 0.1) is 5.02 Å². The number of hydrogen-bond donors (Lipinski definition) is 1. The number of fused-ring (bicyclic) bond motifs is 1. The number of nitrogens with zero attached hydrogens (tertiary/aromatic N) is 1. The third-order valence-electron chi connectivity index (χ3n) is 2.68. The van der Waals surface area contributed by atoms with E-state index >= 15 is 0 Å². The number of anilines is 1. The van der Waals surface area contributed by atoms with Gasteiger partial charge in [0.25, 0.3) is 0 Å². The van der Waals surface area contributed by atoms with Crippen LogP contribution in [0.25, 0.3) is 11.1 Å². The third kappa shape index (κ3) is 3.61. The van der Waals surface area contributed by atoms with Crippen molar-refractivity contribution in [3.63, 3.8) is 0 Å². The van der Waals surface area contributed by atoms with Crippen LogP contribution in [0.1, 0.15) is 5.89 Å². The van der Waals surface area contributed by atoms with Gasteiger partial charge in [0, 0.05) is 39.6 Å². The van der Waals surface area contributed by atoms with Crippen LogP contribution in [-0.2, 0) is 0 Å². The zero-order valence-electron chi connectivity index (χ0n) is 10.9. The molecule has 0 bridgehead atoms. The van der Waals surface area contributed by atoms with Gasteiger partial charge < -0.3 is 9.14 Å². The van der Waals surface area contributed by atoms with Crippen molar-refractivity contribution in [1.29, 1.82) is 0 Å². The van der Waals surface area contributed by atoms with Crippen molar-refractivity contribution in [2.45, 2.75) is 11.8 Å². The highest BCUT2D eigenvalue weighted by Gasteiger charge is 2.05. The molecule has 1 heterocycles. The van der Waals surface area contributed by atoms with E-state index in [4.69, 9.17) is 27.6 Å². The summed E-state index contributed by atoms with van der Waals surface area (Å²) < 4.78 is 8.74. The zero-order valence-corrected chi connectivity index (χ0v) is 14.0. The maximum atomic E-state index is 6.12. The Morgan fingerprint density at radius 1 is 1.14 bits per heavy atom. The Kier molecular flexibility index (Phi) is 4.54. The molecule has 0 spiro atoms. The summed E-state index contributed by atoms with van der Waals surface area (Å²) in [6.07, 6.45) is 0. The Balaban J connectivity index is 1.66. The number of halogens is 2. The molecule has 0 aliphatic heterocycles. The summed E-state index contributed by atoms with van der Waals surface area (Å²) in [6, 6.07) is 11.3. The minimum absolute atomic E-state index is 0.633. The lowest BCUT2D eigenvalue weighted by Crippen LogP contribution is -1.83. The van der Waals surface area contributed by atoms with Gasteiger partial charge in [0.2, 0.25) is 0 Å². The number of oxazole rings is 1. The van der Waals surface area contributed by atoms with Crippen molar-refractivity contribution >= 4 is 61.8 Å². The fourth-order valence-electron chi connectivity index (χ4n) is 1.76.